The highest BCUT2D eigenvalue weighted by atomic mass is 16.2. The van der Waals surface area contributed by atoms with Crippen LogP contribution in [0, 0.1) is 11.3 Å². The number of aromatic nitrogens is 3. The van der Waals surface area contributed by atoms with E-state index in [0.29, 0.717) is 36.5 Å². The molecule has 4 N–H and O–H groups in total. The zero-order valence-electron chi connectivity index (χ0n) is 14.5. The van der Waals surface area contributed by atoms with Crippen molar-refractivity contribution < 1.29 is 4.79 Å². The van der Waals surface area contributed by atoms with Crippen LogP contribution in [0.3, 0.4) is 0 Å². The average molecular weight is 362 g/mol. The predicted molar refractivity (Wildman–Crippen MR) is 100 cm³/mol. The molecule has 0 bridgehead atoms. The van der Waals surface area contributed by atoms with E-state index in [4.69, 9.17) is 5.73 Å². The highest BCUT2D eigenvalue weighted by Crippen LogP contribution is 2.21. The summed E-state index contributed by atoms with van der Waals surface area (Å²) in [4.78, 5) is 26.1. The number of nitrogen functional groups attached to an aromatic ring is 1. The Morgan fingerprint density at radius 3 is 2.74 bits per heavy atom. The normalized spacial score (nSPS) is 10.3. The SMILES string of the molecule is N#Cc1c(CCCNC(=O)c2ccc[nH]c2=O)nn(-c2ccccc2)c1N. The number of benzene rings is 1. The van der Waals surface area contributed by atoms with E-state index in [2.05, 4.69) is 21.5 Å². The van der Waals surface area contributed by atoms with Gasteiger partial charge in [-0.15, -0.1) is 0 Å². The van der Waals surface area contributed by atoms with Gasteiger partial charge >= 0.3 is 0 Å². The fourth-order valence-electron chi connectivity index (χ4n) is 2.69. The number of nitrogens with one attached hydrogen (secondary N) is 2. The third kappa shape index (κ3) is 3.88. The first kappa shape index (κ1) is 17.9. The number of H-pyrrole nitrogens is 1. The van der Waals surface area contributed by atoms with Crippen LogP contribution in [0.25, 0.3) is 5.69 Å². The van der Waals surface area contributed by atoms with Crippen LogP contribution in [0.2, 0.25) is 0 Å². The monoisotopic (exact) mass is 362 g/mol. The van der Waals surface area contributed by atoms with Crippen molar-refractivity contribution in [1.29, 1.82) is 5.26 Å². The van der Waals surface area contributed by atoms with Crippen LogP contribution in [0.15, 0.2) is 53.5 Å². The van der Waals surface area contributed by atoms with E-state index >= 15 is 0 Å². The highest BCUT2D eigenvalue weighted by Gasteiger charge is 2.16. The minimum atomic E-state index is -0.438. The van der Waals surface area contributed by atoms with E-state index < -0.39 is 11.5 Å². The van der Waals surface area contributed by atoms with Crippen LogP contribution < -0.4 is 16.6 Å². The molecule has 1 aromatic carbocycles. The van der Waals surface area contributed by atoms with Gasteiger partial charge in [0.15, 0.2) is 0 Å². The third-order valence-electron chi connectivity index (χ3n) is 4.04. The smallest absolute Gasteiger partial charge is 0.260 e. The van der Waals surface area contributed by atoms with Crippen molar-refractivity contribution >= 4 is 11.7 Å². The molecule has 8 heteroatoms. The molecular formula is C19H18N6O2. The van der Waals surface area contributed by atoms with Crippen LogP contribution in [-0.4, -0.2) is 27.2 Å². The second-order valence-corrected chi connectivity index (χ2v) is 5.84. The van der Waals surface area contributed by atoms with Gasteiger partial charge in [0.25, 0.3) is 11.5 Å². The molecule has 1 amide bonds. The summed E-state index contributed by atoms with van der Waals surface area (Å²) in [7, 11) is 0. The number of nitriles is 1. The molecule has 2 aromatic heterocycles. The second-order valence-electron chi connectivity index (χ2n) is 5.84. The number of carbonyl (C=O) groups excluding carboxylic acids is 1. The molecule has 8 nitrogen and oxygen atoms in total. The molecule has 0 atom stereocenters. The Bertz CT molecular complexity index is 1050. The molecule has 2 heterocycles. The maximum atomic E-state index is 12.0. The van der Waals surface area contributed by atoms with Gasteiger partial charge in [0, 0.05) is 12.7 Å². The first-order chi connectivity index (χ1) is 13.1. The largest absolute Gasteiger partial charge is 0.382 e. The molecule has 3 aromatic rings. The Morgan fingerprint density at radius 1 is 1.26 bits per heavy atom. The van der Waals surface area contributed by atoms with Gasteiger partial charge in [-0.25, -0.2) is 4.68 Å². The van der Waals surface area contributed by atoms with Gasteiger partial charge in [-0.1, -0.05) is 18.2 Å². The minimum Gasteiger partial charge on any atom is -0.382 e. The highest BCUT2D eigenvalue weighted by molar-refractivity contribution is 5.93. The number of aromatic amines is 1. The number of carbonyl (C=O) groups is 1. The van der Waals surface area contributed by atoms with Crippen molar-refractivity contribution in [1.82, 2.24) is 20.1 Å². The average Bonchev–Trinajstić information content (AvgIpc) is 3.01. The molecule has 0 spiro atoms. The second kappa shape index (κ2) is 8.01. The number of nitrogens with zero attached hydrogens (tertiary/aromatic N) is 3. The molecular weight excluding hydrogens is 344 g/mol. The Kier molecular flexibility index (Phi) is 5.33. The van der Waals surface area contributed by atoms with E-state index in [-0.39, 0.29) is 5.56 Å². The molecule has 0 aliphatic heterocycles. The van der Waals surface area contributed by atoms with Crippen LogP contribution in [-0.2, 0) is 6.42 Å². The number of hydrogen-bond donors (Lipinski definition) is 3. The Labute approximate surface area is 155 Å². The lowest BCUT2D eigenvalue weighted by Gasteiger charge is -2.04. The zero-order valence-corrected chi connectivity index (χ0v) is 14.5. The first-order valence-corrected chi connectivity index (χ1v) is 8.40. The molecule has 136 valence electrons. The predicted octanol–water partition coefficient (Wildman–Crippen LogP) is 1.38. The summed E-state index contributed by atoms with van der Waals surface area (Å²) >= 11 is 0. The lowest BCUT2D eigenvalue weighted by molar-refractivity contribution is 0.0951. The number of rotatable bonds is 6. The molecule has 0 unspecified atom stereocenters. The van der Waals surface area contributed by atoms with Gasteiger partial charge in [-0.2, -0.15) is 10.4 Å². The molecule has 27 heavy (non-hydrogen) atoms. The van der Waals surface area contributed by atoms with Crippen molar-refractivity contribution in [3.8, 4) is 11.8 Å². The fraction of sp³-hybridized carbons (Fsp3) is 0.158. The summed E-state index contributed by atoms with van der Waals surface area (Å²) < 4.78 is 1.54. The van der Waals surface area contributed by atoms with Gasteiger partial charge in [0.05, 0.1) is 11.4 Å². The minimum absolute atomic E-state index is 0.0628. The van der Waals surface area contributed by atoms with Gasteiger partial charge < -0.3 is 16.0 Å². The summed E-state index contributed by atoms with van der Waals surface area (Å²) in [5.74, 6) is -0.148. The van der Waals surface area contributed by atoms with Gasteiger partial charge in [-0.3, -0.25) is 9.59 Å². The van der Waals surface area contributed by atoms with Crippen molar-refractivity contribution in [2.75, 3.05) is 12.3 Å². The number of aryl methyl sites for hydroxylation is 1. The van der Waals surface area contributed by atoms with E-state index in [1.807, 2.05) is 30.3 Å². The standard InChI is InChI=1S/C19H18N6O2/c20-12-15-16(24-25(17(15)21)13-6-2-1-3-7-13)9-5-11-23-19(27)14-8-4-10-22-18(14)26/h1-4,6-8,10H,5,9,11,21H2,(H,22,26)(H,23,27). The topological polar surface area (TPSA) is 130 Å². The Morgan fingerprint density at radius 2 is 2.04 bits per heavy atom. The van der Waals surface area contributed by atoms with Crippen molar-refractivity contribution in [3.05, 3.63) is 75.8 Å². The fourth-order valence-corrected chi connectivity index (χ4v) is 2.69. The number of amides is 1. The summed E-state index contributed by atoms with van der Waals surface area (Å²) in [6.07, 6.45) is 2.49. The third-order valence-corrected chi connectivity index (χ3v) is 4.04. The molecule has 3 rings (SSSR count). The molecule has 0 aliphatic rings. The molecule has 0 saturated heterocycles. The number of hydrogen-bond acceptors (Lipinski definition) is 5. The van der Waals surface area contributed by atoms with Gasteiger partial charge in [-0.05, 0) is 37.1 Å². The molecule has 0 saturated carbocycles. The number of pyridine rings is 1. The lowest BCUT2D eigenvalue weighted by atomic mass is 10.1. The first-order valence-electron chi connectivity index (χ1n) is 8.40. The van der Waals surface area contributed by atoms with E-state index in [9.17, 15) is 14.9 Å². The van der Waals surface area contributed by atoms with Crippen molar-refractivity contribution in [2.45, 2.75) is 12.8 Å². The molecule has 0 radical (unpaired) electrons. The molecule has 0 fully saturated rings. The van der Waals surface area contributed by atoms with Gasteiger partial charge in [0.2, 0.25) is 0 Å². The van der Waals surface area contributed by atoms with Crippen molar-refractivity contribution in [3.63, 3.8) is 0 Å². The van der Waals surface area contributed by atoms with Crippen LogP contribution in [0.4, 0.5) is 5.82 Å². The van der Waals surface area contributed by atoms with E-state index in [0.717, 1.165) is 5.69 Å². The quantitative estimate of drug-likeness (QED) is 0.570. The summed E-state index contributed by atoms with van der Waals surface area (Å²) in [6.45, 7) is 0.343. The summed E-state index contributed by atoms with van der Waals surface area (Å²) in [5, 5.41) is 16.5. The maximum Gasteiger partial charge on any atom is 0.260 e. The molecule has 0 aliphatic carbocycles. The van der Waals surface area contributed by atoms with E-state index in [1.54, 1.807) is 6.07 Å². The van der Waals surface area contributed by atoms with Crippen LogP contribution in [0.5, 0.6) is 0 Å². The van der Waals surface area contributed by atoms with E-state index in [1.165, 1.54) is 16.9 Å². The summed E-state index contributed by atoms with van der Waals surface area (Å²) in [6, 6.07) is 14.5. The van der Waals surface area contributed by atoms with Crippen LogP contribution in [0.1, 0.15) is 28.0 Å². The number of nitrogens with two attached hydrogens (primary N) is 1. The number of anilines is 1. The Balaban J connectivity index is 1.65. The zero-order chi connectivity index (χ0) is 19.2. The van der Waals surface area contributed by atoms with Crippen molar-refractivity contribution in [2.24, 2.45) is 0 Å². The van der Waals surface area contributed by atoms with Gasteiger partial charge in [0.1, 0.15) is 23.0 Å². The lowest BCUT2D eigenvalue weighted by Crippen LogP contribution is -2.30. The Hall–Kier alpha value is -3.86. The number of para-hydroxylation sites is 1. The maximum absolute atomic E-state index is 12.0. The van der Waals surface area contributed by atoms with Crippen LogP contribution >= 0.6 is 0 Å². The summed E-state index contributed by atoms with van der Waals surface area (Å²) in [5.41, 5.74) is 7.38.